The Balaban J connectivity index is 1.92. The average Bonchev–Trinajstić information content (AvgIpc) is 3.42. The lowest BCUT2D eigenvalue weighted by Crippen LogP contribution is -2.49. The highest BCUT2D eigenvalue weighted by Crippen LogP contribution is 2.49. The van der Waals surface area contributed by atoms with E-state index in [9.17, 15) is 9.59 Å². The third kappa shape index (κ3) is 3.43. The van der Waals surface area contributed by atoms with Crippen LogP contribution in [0.3, 0.4) is 0 Å². The second-order valence-electron chi connectivity index (χ2n) is 7.39. The highest BCUT2D eigenvalue weighted by Gasteiger charge is 2.46. The molecule has 0 radical (unpaired) electrons. The van der Waals surface area contributed by atoms with E-state index in [4.69, 9.17) is 4.74 Å². The molecule has 2 aliphatic rings. The lowest BCUT2D eigenvalue weighted by atomic mass is 9.76. The number of carbonyl (C=O) groups is 2. The predicted octanol–water partition coefficient (Wildman–Crippen LogP) is 2.95. The zero-order chi connectivity index (χ0) is 18.1. The molecule has 3 atom stereocenters. The third-order valence-electron chi connectivity index (χ3n) is 5.70. The van der Waals surface area contributed by atoms with Gasteiger partial charge in [-0.15, -0.1) is 0 Å². The number of nitrogens with zero attached hydrogens (tertiary/aromatic N) is 1. The van der Waals surface area contributed by atoms with Crippen LogP contribution in [0, 0.1) is 11.8 Å². The molecule has 1 aliphatic carbocycles. The van der Waals surface area contributed by atoms with Gasteiger partial charge in [-0.3, -0.25) is 9.59 Å². The van der Waals surface area contributed by atoms with Gasteiger partial charge < -0.3 is 15.0 Å². The monoisotopic (exact) mass is 344 g/mol. The molecule has 0 saturated heterocycles. The Labute approximate surface area is 149 Å². The molecule has 3 rings (SSSR count). The smallest absolute Gasteiger partial charge is 0.251 e. The van der Waals surface area contributed by atoms with E-state index in [0.29, 0.717) is 36.5 Å². The normalized spacial score (nSPS) is 25.4. The summed E-state index contributed by atoms with van der Waals surface area (Å²) in [6, 6.07) is 6.00. The SMILES string of the molecule is COCCNC(=O)c1ccc2c(c1)[C@H](C)[C@@H](C)[C@H](C1CC1)N2C(C)=O. The molecule has 0 unspecified atom stereocenters. The number of carbonyl (C=O) groups excluding carboxylic acids is 2. The maximum atomic E-state index is 12.4. The number of amides is 2. The summed E-state index contributed by atoms with van der Waals surface area (Å²) >= 11 is 0. The molecule has 0 bridgehead atoms. The van der Waals surface area contributed by atoms with E-state index in [-0.39, 0.29) is 17.9 Å². The standard InChI is InChI=1S/C20H28N2O3/c1-12-13(2)19(15-5-6-15)22(14(3)23)18-8-7-16(11-17(12)18)20(24)21-9-10-25-4/h7-8,11-13,15,19H,5-6,9-10H2,1-4H3,(H,21,24)/t12-,13-,19-/m1/s1. The van der Waals surface area contributed by atoms with Crippen LogP contribution < -0.4 is 10.2 Å². The van der Waals surface area contributed by atoms with Gasteiger partial charge in [0.2, 0.25) is 5.91 Å². The number of hydrogen-bond donors (Lipinski definition) is 1. The second kappa shape index (κ2) is 7.16. The summed E-state index contributed by atoms with van der Waals surface area (Å²) in [5, 5.41) is 2.86. The number of nitrogens with one attached hydrogen (secondary N) is 1. The van der Waals surface area contributed by atoms with Gasteiger partial charge in [0, 0.05) is 37.9 Å². The van der Waals surface area contributed by atoms with Crippen molar-refractivity contribution < 1.29 is 14.3 Å². The Morgan fingerprint density at radius 2 is 2.00 bits per heavy atom. The predicted molar refractivity (Wildman–Crippen MR) is 97.9 cm³/mol. The number of hydrogen-bond acceptors (Lipinski definition) is 3. The van der Waals surface area contributed by atoms with Crippen molar-refractivity contribution in [3.05, 3.63) is 29.3 Å². The molecule has 0 aromatic heterocycles. The number of anilines is 1. The molecule has 1 aromatic carbocycles. The lowest BCUT2D eigenvalue weighted by Gasteiger charge is -2.44. The number of fused-ring (bicyclic) bond motifs is 1. The first-order valence-corrected chi connectivity index (χ1v) is 9.16. The Morgan fingerprint density at radius 3 is 2.60 bits per heavy atom. The van der Waals surface area contributed by atoms with Crippen molar-refractivity contribution in [3.63, 3.8) is 0 Å². The largest absolute Gasteiger partial charge is 0.383 e. The van der Waals surface area contributed by atoms with Crippen LogP contribution in [0.15, 0.2) is 18.2 Å². The van der Waals surface area contributed by atoms with Crippen LogP contribution >= 0.6 is 0 Å². The first kappa shape index (κ1) is 17.9. The van der Waals surface area contributed by atoms with Gasteiger partial charge in [0.15, 0.2) is 0 Å². The maximum Gasteiger partial charge on any atom is 0.251 e. The van der Waals surface area contributed by atoms with Crippen LogP contribution in [0.4, 0.5) is 5.69 Å². The van der Waals surface area contributed by atoms with E-state index < -0.39 is 0 Å². The summed E-state index contributed by atoms with van der Waals surface area (Å²) in [4.78, 5) is 26.7. The van der Waals surface area contributed by atoms with E-state index in [1.807, 2.05) is 23.1 Å². The molecular formula is C20H28N2O3. The van der Waals surface area contributed by atoms with Gasteiger partial charge in [0.1, 0.15) is 0 Å². The van der Waals surface area contributed by atoms with Crippen LogP contribution in [-0.2, 0) is 9.53 Å². The lowest BCUT2D eigenvalue weighted by molar-refractivity contribution is -0.117. The van der Waals surface area contributed by atoms with Crippen molar-refractivity contribution in [2.75, 3.05) is 25.2 Å². The number of methoxy groups -OCH3 is 1. The molecule has 5 nitrogen and oxygen atoms in total. The Kier molecular flexibility index (Phi) is 5.13. The van der Waals surface area contributed by atoms with Crippen molar-refractivity contribution >= 4 is 17.5 Å². The summed E-state index contributed by atoms with van der Waals surface area (Å²) in [6.45, 7) is 7.07. The summed E-state index contributed by atoms with van der Waals surface area (Å²) in [6.07, 6.45) is 2.42. The van der Waals surface area contributed by atoms with Crippen LogP contribution in [-0.4, -0.2) is 38.1 Å². The molecule has 1 saturated carbocycles. The molecule has 5 heteroatoms. The molecule has 1 aromatic rings. The highest BCUT2D eigenvalue weighted by atomic mass is 16.5. The van der Waals surface area contributed by atoms with E-state index in [0.717, 1.165) is 11.3 Å². The minimum atomic E-state index is -0.0987. The van der Waals surface area contributed by atoms with Gasteiger partial charge in [0.05, 0.1) is 6.61 Å². The van der Waals surface area contributed by atoms with Crippen LogP contribution in [0.25, 0.3) is 0 Å². The molecule has 1 aliphatic heterocycles. The van der Waals surface area contributed by atoms with Gasteiger partial charge in [-0.05, 0) is 54.4 Å². The molecule has 1 heterocycles. The van der Waals surface area contributed by atoms with E-state index in [2.05, 4.69) is 19.2 Å². The van der Waals surface area contributed by atoms with E-state index in [1.54, 1.807) is 14.0 Å². The molecule has 2 amide bonds. The topological polar surface area (TPSA) is 58.6 Å². The van der Waals surface area contributed by atoms with Crippen molar-refractivity contribution in [2.45, 2.75) is 45.6 Å². The van der Waals surface area contributed by atoms with Crippen molar-refractivity contribution in [1.82, 2.24) is 5.32 Å². The van der Waals surface area contributed by atoms with Gasteiger partial charge >= 0.3 is 0 Å². The van der Waals surface area contributed by atoms with Gasteiger partial charge in [0.25, 0.3) is 5.91 Å². The zero-order valence-electron chi connectivity index (χ0n) is 15.5. The number of benzene rings is 1. The third-order valence-corrected chi connectivity index (χ3v) is 5.70. The fourth-order valence-electron chi connectivity index (χ4n) is 4.08. The van der Waals surface area contributed by atoms with Crippen LogP contribution in [0.2, 0.25) is 0 Å². The fourth-order valence-corrected chi connectivity index (χ4v) is 4.08. The van der Waals surface area contributed by atoms with Crippen LogP contribution in [0.1, 0.15) is 55.5 Å². The van der Waals surface area contributed by atoms with Gasteiger partial charge in [-0.1, -0.05) is 13.8 Å². The molecular weight excluding hydrogens is 316 g/mol. The van der Waals surface area contributed by atoms with Gasteiger partial charge in [-0.2, -0.15) is 0 Å². The number of ether oxygens (including phenoxy) is 1. The van der Waals surface area contributed by atoms with Crippen molar-refractivity contribution in [3.8, 4) is 0 Å². The fraction of sp³-hybridized carbons (Fsp3) is 0.600. The summed E-state index contributed by atoms with van der Waals surface area (Å²) in [5.41, 5.74) is 2.71. The van der Waals surface area contributed by atoms with Gasteiger partial charge in [-0.25, -0.2) is 0 Å². The van der Waals surface area contributed by atoms with Crippen molar-refractivity contribution in [1.29, 1.82) is 0 Å². The number of rotatable bonds is 5. The molecule has 1 N–H and O–H groups in total. The molecule has 0 spiro atoms. The van der Waals surface area contributed by atoms with Crippen molar-refractivity contribution in [2.24, 2.45) is 11.8 Å². The zero-order valence-corrected chi connectivity index (χ0v) is 15.5. The summed E-state index contributed by atoms with van der Waals surface area (Å²) in [7, 11) is 1.61. The average molecular weight is 344 g/mol. The van der Waals surface area contributed by atoms with E-state index >= 15 is 0 Å². The quantitative estimate of drug-likeness (QED) is 0.836. The van der Waals surface area contributed by atoms with Crippen LogP contribution in [0.5, 0.6) is 0 Å². The Bertz CT molecular complexity index is 669. The second-order valence-corrected chi connectivity index (χ2v) is 7.39. The maximum absolute atomic E-state index is 12.4. The first-order valence-electron chi connectivity index (χ1n) is 9.16. The molecule has 136 valence electrons. The minimum absolute atomic E-state index is 0.0918. The minimum Gasteiger partial charge on any atom is -0.383 e. The van der Waals surface area contributed by atoms with E-state index in [1.165, 1.54) is 12.8 Å². The summed E-state index contributed by atoms with van der Waals surface area (Å²) < 4.78 is 4.97. The molecule has 1 fully saturated rings. The molecule has 25 heavy (non-hydrogen) atoms. The Hall–Kier alpha value is -1.88. The Morgan fingerprint density at radius 1 is 1.28 bits per heavy atom. The first-order chi connectivity index (χ1) is 12.0. The summed E-state index contributed by atoms with van der Waals surface area (Å²) in [5.74, 6) is 1.32. The highest BCUT2D eigenvalue weighted by molar-refractivity contribution is 5.97.